The van der Waals surface area contributed by atoms with Crippen LogP contribution in [0.2, 0.25) is 0 Å². The molecule has 0 N–H and O–H groups in total. The van der Waals surface area contributed by atoms with Crippen molar-refractivity contribution in [1.82, 2.24) is 14.5 Å². The van der Waals surface area contributed by atoms with E-state index in [0.717, 1.165) is 12.1 Å². The summed E-state index contributed by atoms with van der Waals surface area (Å²) in [5, 5.41) is 0.577. The number of rotatable bonds is 3. The molecule has 1 aromatic heterocycles. The molecule has 0 aliphatic carbocycles. The normalized spacial score (nSPS) is 21.1. The smallest absolute Gasteiger partial charge is 0.261 e. The average molecular weight is 385 g/mol. The van der Waals surface area contributed by atoms with E-state index >= 15 is 0 Å². The minimum absolute atomic E-state index is 0.0914. The van der Waals surface area contributed by atoms with Crippen molar-refractivity contribution in [2.24, 2.45) is 0 Å². The highest BCUT2D eigenvalue weighted by Crippen LogP contribution is 2.40. The van der Waals surface area contributed by atoms with Gasteiger partial charge in [0.05, 0.1) is 17.2 Å². The van der Waals surface area contributed by atoms with Gasteiger partial charge in [0.25, 0.3) is 5.56 Å². The molecule has 2 aromatic carbocycles. The lowest BCUT2D eigenvalue weighted by Gasteiger charge is -2.28. The van der Waals surface area contributed by atoms with Crippen LogP contribution in [0.5, 0.6) is 11.5 Å². The van der Waals surface area contributed by atoms with Crippen LogP contribution in [-0.2, 0) is 6.54 Å². The predicted octanol–water partition coefficient (Wildman–Crippen LogP) is 2.20. The molecule has 0 radical (unpaired) electrons. The Bertz CT molecular complexity index is 1080. The van der Waals surface area contributed by atoms with E-state index in [-0.39, 0.29) is 29.3 Å². The third-order valence-electron chi connectivity index (χ3n) is 5.23. The Morgan fingerprint density at radius 3 is 2.29 bits per heavy atom. The molecule has 3 heterocycles. The van der Waals surface area contributed by atoms with E-state index in [1.165, 1.54) is 0 Å². The zero-order valence-corrected chi connectivity index (χ0v) is 14.8. The summed E-state index contributed by atoms with van der Waals surface area (Å²) in [5.74, 6) is -1.61. The molecule has 2 aliphatic heterocycles. The number of aromatic nitrogens is 2. The lowest BCUT2D eigenvalue weighted by molar-refractivity contribution is 0.0467. The summed E-state index contributed by atoms with van der Waals surface area (Å²) in [6.45, 7) is 2.04. The van der Waals surface area contributed by atoms with Gasteiger partial charge in [0.15, 0.2) is 11.6 Å². The van der Waals surface area contributed by atoms with Gasteiger partial charge in [-0.3, -0.25) is 14.3 Å². The molecular weight excluding hydrogens is 368 g/mol. The standard InChI is InChI=1S/C20H17F2N3O3/c21-13-5-6-14(22)19-18(13)27-16-9-24(10-17(16)28-19)7-8-25-11-23-15-4-2-1-3-12(15)20(25)26/h1-6,11,16-17H,7-10H2/t16-,17+. The van der Waals surface area contributed by atoms with Crippen molar-refractivity contribution in [3.63, 3.8) is 0 Å². The van der Waals surface area contributed by atoms with Gasteiger partial charge in [0.2, 0.25) is 11.5 Å². The van der Waals surface area contributed by atoms with Crippen LogP contribution in [0.25, 0.3) is 10.9 Å². The minimum atomic E-state index is -0.637. The van der Waals surface area contributed by atoms with Crippen LogP contribution in [-0.4, -0.2) is 46.3 Å². The first kappa shape index (κ1) is 17.1. The summed E-state index contributed by atoms with van der Waals surface area (Å²) < 4.78 is 40.7. The lowest BCUT2D eigenvalue weighted by Crippen LogP contribution is -2.39. The molecule has 1 saturated heterocycles. The number of para-hydroxylation sites is 1. The molecule has 0 unspecified atom stereocenters. The first-order valence-corrected chi connectivity index (χ1v) is 9.08. The van der Waals surface area contributed by atoms with Gasteiger partial charge < -0.3 is 9.47 Å². The molecule has 28 heavy (non-hydrogen) atoms. The molecule has 6 nitrogen and oxygen atoms in total. The largest absolute Gasteiger partial charge is 0.478 e. The Hall–Kier alpha value is -3.00. The van der Waals surface area contributed by atoms with Crippen molar-refractivity contribution in [3.8, 4) is 11.5 Å². The van der Waals surface area contributed by atoms with Crippen LogP contribution < -0.4 is 15.0 Å². The second-order valence-electron chi connectivity index (χ2n) is 7.02. The van der Waals surface area contributed by atoms with Gasteiger partial charge in [0.1, 0.15) is 12.2 Å². The molecule has 144 valence electrons. The van der Waals surface area contributed by atoms with Crippen molar-refractivity contribution >= 4 is 10.9 Å². The molecule has 3 aromatic rings. The van der Waals surface area contributed by atoms with Gasteiger partial charge >= 0.3 is 0 Å². The number of likely N-dealkylation sites (tertiary alicyclic amines) is 1. The number of halogens is 2. The molecule has 1 fully saturated rings. The van der Waals surface area contributed by atoms with E-state index < -0.39 is 11.6 Å². The van der Waals surface area contributed by atoms with E-state index in [0.29, 0.717) is 37.1 Å². The molecular formula is C20H17F2N3O3. The predicted molar refractivity (Wildman–Crippen MR) is 97.6 cm³/mol. The number of benzene rings is 2. The van der Waals surface area contributed by atoms with Gasteiger partial charge in [0, 0.05) is 26.2 Å². The highest BCUT2D eigenvalue weighted by Gasteiger charge is 2.41. The van der Waals surface area contributed by atoms with E-state index in [2.05, 4.69) is 9.88 Å². The number of ether oxygens (including phenoxy) is 2. The summed E-state index contributed by atoms with van der Waals surface area (Å²) in [7, 11) is 0. The maximum Gasteiger partial charge on any atom is 0.261 e. The number of hydrogen-bond acceptors (Lipinski definition) is 5. The van der Waals surface area contributed by atoms with Gasteiger partial charge in [-0.15, -0.1) is 0 Å². The molecule has 2 aliphatic rings. The fourth-order valence-corrected chi connectivity index (χ4v) is 3.78. The average Bonchev–Trinajstić information content (AvgIpc) is 3.11. The number of nitrogens with zero attached hydrogens (tertiary/aromatic N) is 3. The van der Waals surface area contributed by atoms with Crippen LogP contribution in [0.1, 0.15) is 0 Å². The summed E-state index contributed by atoms with van der Waals surface area (Å²) in [5.41, 5.74) is 0.575. The summed E-state index contributed by atoms with van der Waals surface area (Å²) in [6, 6.07) is 9.28. The van der Waals surface area contributed by atoms with Crippen LogP contribution in [0, 0.1) is 11.6 Å². The van der Waals surface area contributed by atoms with E-state index in [1.54, 1.807) is 23.0 Å². The molecule has 8 heteroatoms. The van der Waals surface area contributed by atoms with E-state index in [4.69, 9.17) is 9.47 Å². The fraction of sp³-hybridized carbons (Fsp3) is 0.300. The Morgan fingerprint density at radius 1 is 0.964 bits per heavy atom. The fourth-order valence-electron chi connectivity index (χ4n) is 3.78. The Kier molecular flexibility index (Phi) is 4.01. The SMILES string of the molecule is O=c1c2ccccc2ncn1CCN1C[C@@H]2Oc3c(F)ccc(F)c3O[C@@H]2C1. The second-order valence-corrected chi connectivity index (χ2v) is 7.02. The maximum absolute atomic E-state index is 13.9. The van der Waals surface area contributed by atoms with Gasteiger partial charge in [-0.25, -0.2) is 13.8 Å². The highest BCUT2D eigenvalue weighted by atomic mass is 19.1. The first-order valence-electron chi connectivity index (χ1n) is 9.08. The molecule has 0 spiro atoms. The van der Waals surface area contributed by atoms with Crippen LogP contribution in [0.4, 0.5) is 8.78 Å². The van der Waals surface area contributed by atoms with Crippen LogP contribution in [0.15, 0.2) is 47.5 Å². The first-order chi connectivity index (χ1) is 13.6. The van der Waals surface area contributed by atoms with E-state index in [9.17, 15) is 13.6 Å². The second kappa shape index (κ2) is 6.56. The van der Waals surface area contributed by atoms with Crippen LogP contribution in [0.3, 0.4) is 0 Å². The molecule has 5 rings (SSSR count). The lowest BCUT2D eigenvalue weighted by atomic mass is 10.2. The number of hydrogen-bond donors (Lipinski definition) is 0. The van der Waals surface area contributed by atoms with Gasteiger partial charge in [-0.2, -0.15) is 0 Å². The topological polar surface area (TPSA) is 56.6 Å². The zero-order chi connectivity index (χ0) is 19.3. The Morgan fingerprint density at radius 2 is 1.61 bits per heavy atom. The summed E-state index contributed by atoms with van der Waals surface area (Å²) >= 11 is 0. The van der Waals surface area contributed by atoms with Crippen molar-refractivity contribution in [2.45, 2.75) is 18.8 Å². The molecule has 0 amide bonds. The minimum Gasteiger partial charge on any atom is -0.478 e. The van der Waals surface area contributed by atoms with Crippen molar-refractivity contribution in [2.75, 3.05) is 19.6 Å². The van der Waals surface area contributed by atoms with Gasteiger partial charge in [-0.1, -0.05) is 12.1 Å². The molecule has 0 saturated carbocycles. The monoisotopic (exact) mass is 385 g/mol. The molecule has 2 atom stereocenters. The number of fused-ring (bicyclic) bond motifs is 3. The Balaban J connectivity index is 1.30. The summed E-state index contributed by atoms with van der Waals surface area (Å²) in [4.78, 5) is 19.0. The zero-order valence-electron chi connectivity index (χ0n) is 14.8. The van der Waals surface area contributed by atoms with Crippen molar-refractivity contribution in [3.05, 3.63) is 64.7 Å². The maximum atomic E-state index is 13.9. The van der Waals surface area contributed by atoms with Crippen LogP contribution >= 0.6 is 0 Å². The van der Waals surface area contributed by atoms with Crippen molar-refractivity contribution in [1.29, 1.82) is 0 Å². The van der Waals surface area contributed by atoms with Crippen molar-refractivity contribution < 1.29 is 18.3 Å². The quantitative estimate of drug-likeness (QED) is 0.692. The third-order valence-corrected chi connectivity index (χ3v) is 5.23. The molecule has 0 bridgehead atoms. The van der Waals surface area contributed by atoms with Gasteiger partial charge in [-0.05, 0) is 24.3 Å². The summed E-state index contributed by atoms with van der Waals surface area (Å²) in [6.07, 6.45) is 0.784. The third kappa shape index (κ3) is 2.80. The highest BCUT2D eigenvalue weighted by molar-refractivity contribution is 5.76. The van der Waals surface area contributed by atoms with E-state index in [1.807, 2.05) is 12.1 Å². The Labute approximate surface area is 158 Å².